The lowest BCUT2D eigenvalue weighted by atomic mass is 9.79. The van der Waals surface area contributed by atoms with Gasteiger partial charge in [0.2, 0.25) is 0 Å². The Bertz CT molecular complexity index is 1090. The standard InChI is InChI=1S/C26H29FN2O2S/c1-16(2)29-22-11-8-19(12-21(22)17(3)14-26(29,4)5)13-23-24(30)28(25(31)32-23)15-18-6-9-20(27)10-7-18/h6-13,16-17H,14-15H2,1-5H3/b23-13-/t17-/m0/s1. The molecule has 4 nitrogen and oxygen atoms in total. The molecule has 0 aromatic heterocycles. The van der Waals surface area contributed by atoms with Gasteiger partial charge in [-0.1, -0.05) is 25.1 Å². The van der Waals surface area contributed by atoms with Crippen molar-refractivity contribution in [3.05, 3.63) is 69.9 Å². The van der Waals surface area contributed by atoms with Gasteiger partial charge in [0.05, 0.1) is 11.4 Å². The topological polar surface area (TPSA) is 40.6 Å². The number of benzene rings is 2. The van der Waals surface area contributed by atoms with Crippen LogP contribution in [0.4, 0.5) is 14.9 Å². The van der Waals surface area contributed by atoms with Crippen molar-refractivity contribution in [3.63, 3.8) is 0 Å². The molecule has 32 heavy (non-hydrogen) atoms. The maximum Gasteiger partial charge on any atom is 0.293 e. The van der Waals surface area contributed by atoms with Crippen LogP contribution in [0.5, 0.6) is 0 Å². The maximum atomic E-state index is 13.2. The Balaban J connectivity index is 1.61. The molecule has 0 N–H and O–H groups in total. The summed E-state index contributed by atoms with van der Waals surface area (Å²) in [5.74, 6) is -0.249. The molecule has 0 spiro atoms. The zero-order valence-corrected chi connectivity index (χ0v) is 20.0. The lowest BCUT2D eigenvalue weighted by Crippen LogP contribution is -2.51. The molecule has 2 aromatic rings. The molecule has 2 aliphatic rings. The first-order chi connectivity index (χ1) is 15.1. The number of carbonyl (C=O) groups excluding carboxylic acids is 2. The van der Waals surface area contributed by atoms with Crippen LogP contribution in [-0.4, -0.2) is 27.6 Å². The molecule has 4 rings (SSSR count). The molecular formula is C26H29FN2O2S. The van der Waals surface area contributed by atoms with Crippen LogP contribution < -0.4 is 4.90 Å². The summed E-state index contributed by atoms with van der Waals surface area (Å²) in [6.45, 7) is 11.4. The number of halogens is 1. The number of imide groups is 1. The number of hydrogen-bond acceptors (Lipinski definition) is 4. The summed E-state index contributed by atoms with van der Waals surface area (Å²) in [7, 11) is 0. The van der Waals surface area contributed by atoms with Gasteiger partial charge < -0.3 is 4.90 Å². The van der Waals surface area contributed by atoms with E-state index in [4.69, 9.17) is 0 Å². The zero-order chi connectivity index (χ0) is 23.2. The van der Waals surface area contributed by atoms with Gasteiger partial charge in [-0.3, -0.25) is 14.5 Å². The Labute approximate surface area is 193 Å². The molecule has 0 aliphatic carbocycles. The molecule has 2 aromatic carbocycles. The van der Waals surface area contributed by atoms with E-state index in [9.17, 15) is 14.0 Å². The van der Waals surface area contributed by atoms with Crippen LogP contribution in [0.3, 0.4) is 0 Å². The van der Waals surface area contributed by atoms with Gasteiger partial charge in [-0.05, 0) is 98.8 Å². The summed E-state index contributed by atoms with van der Waals surface area (Å²) in [6.07, 6.45) is 2.86. The molecule has 2 aliphatic heterocycles. The third-order valence-electron chi connectivity index (χ3n) is 6.24. The van der Waals surface area contributed by atoms with Crippen molar-refractivity contribution in [1.29, 1.82) is 0 Å². The Hall–Kier alpha value is -2.60. The highest BCUT2D eigenvalue weighted by Crippen LogP contribution is 2.45. The normalized spacial score (nSPS) is 21.6. The number of anilines is 1. The molecule has 168 valence electrons. The summed E-state index contributed by atoms with van der Waals surface area (Å²) >= 11 is 0.956. The van der Waals surface area contributed by atoms with E-state index < -0.39 is 0 Å². The second kappa shape index (κ2) is 8.39. The van der Waals surface area contributed by atoms with Crippen LogP contribution >= 0.6 is 11.8 Å². The summed E-state index contributed by atoms with van der Waals surface area (Å²) in [5.41, 5.74) is 4.23. The number of nitrogens with zero attached hydrogens (tertiary/aromatic N) is 2. The van der Waals surface area contributed by atoms with E-state index in [0.29, 0.717) is 22.4 Å². The molecule has 6 heteroatoms. The summed E-state index contributed by atoms with van der Waals surface area (Å²) in [6, 6.07) is 12.5. The fourth-order valence-corrected chi connectivity index (χ4v) is 5.94. The average molecular weight is 453 g/mol. The number of fused-ring (bicyclic) bond motifs is 1. The lowest BCUT2D eigenvalue weighted by Gasteiger charge is -2.50. The zero-order valence-electron chi connectivity index (χ0n) is 19.2. The van der Waals surface area contributed by atoms with Crippen molar-refractivity contribution in [3.8, 4) is 0 Å². The van der Waals surface area contributed by atoms with Crippen LogP contribution in [0.2, 0.25) is 0 Å². The minimum Gasteiger partial charge on any atom is -0.364 e. The van der Waals surface area contributed by atoms with Gasteiger partial charge in [-0.25, -0.2) is 4.39 Å². The predicted octanol–water partition coefficient (Wildman–Crippen LogP) is 6.56. The summed E-state index contributed by atoms with van der Waals surface area (Å²) < 4.78 is 13.2. The van der Waals surface area contributed by atoms with Gasteiger partial charge in [-0.15, -0.1) is 0 Å². The van der Waals surface area contributed by atoms with Crippen LogP contribution in [0.25, 0.3) is 6.08 Å². The number of carbonyl (C=O) groups is 2. The molecule has 2 heterocycles. The lowest BCUT2D eigenvalue weighted by molar-refractivity contribution is -0.123. The van der Waals surface area contributed by atoms with E-state index in [2.05, 4.69) is 51.7 Å². The molecule has 1 saturated heterocycles. The molecule has 0 unspecified atom stereocenters. The highest BCUT2D eigenvalue weighted by Gasteiger charge is 2.38. The van der Waals surface area contributed by atoms with Crippen molar-refractivity contribution in [2.24, 2.45) is 0 Å². The minimum atomic E-state index is -0.344. The first-order valence-corrected chi connectivity index (χ1v) is 11.8. The molecule has 2 amide bonds. The third-order valence-corrected chi connectivity index (χ3v) is 7.15. The maximum absolute atomic E-state index is 13.2. The smallest absolute Gasteiger partial charge is 0.293 e. The van der Waals surface area contributed by atoms with Gasteiger partial charge >= 0.3 is 0 Å². The van der Waals surface area contributed by atoms with Gasteiger partial charge in [0.25, 0.3) is 11.1 Å². The van der Waals surface area contributed by atoms with E-state index in [1.54, 1.807) is 12.1 Å². The summed E-state index contributed by atoms with van der Waals surface area (Å²) in [4.78, 5) is 29.5. The third kappa shape index (κ3) is 4.20. The van der Waals surface area contributed by atoms with E-state index in [0.717, 1.165) is 23.7 Å². The van der Waals surface area contributed by atoms with Crippen molar-refractivity contribution < 1.29 is 14.0 Å². The average Bonchev–Trinajstić information content (AvgIpc) is 2.96. The van der Waals surface area contributed by atoms with E-state index >= 15 is 0 Å². The Morgan fingerprint density at radius 3 is 2.50 bits per heavy atom. The number of amides is 2. The number of thioether (sulfide) groups is 1. The monoisotopic (exact) mass is 452 g/mol. The molecule has 1 atom stereocenters. The first kappa shape index (κ1) is 22.6. The molecule has 1 fully saturated rings. The van der Waals surface area contributed by atoms with Crippen molar-refractivity contribution in [1.82, 2.24) is 4.90 Å². The van der Waals surface area contributed by atoms with Crippen LogP contribution in [0.15, 0.2) is 47.4 Å². The van der Waals surface area contributed by atoms with Crippen molar-refractivity contribution in [2.75, 3.05) is 4.90 Å². The molecular weight excluding hydrogens is 423 g/mol. The van der Waals surface area contributed by atoms with Crippen molar-refractivity contribution >= 4 is 34.7 Å². The minimum absolute atomic E-state index is 0.0745. The molecule has 0 saturated carbocycles. The largest absolute Gasteiger partial charge is 0.364 e. The summed E-state index contributed by atoms with van der Waals surface area (Å²) in [5, 5.41) is -0.301. The molecule has 0 bridgehead atoms. The van der Waals surface area contributed by atoms with E-state index in [-0.39, 0.29) is 29.0 Å². The second-order valence-corrected chi connectivity index (χ2v) is 10.6. The molecule has 0 radical (unpaired) electrons. The van der Waals surface area contributed by atoms with Crippen molar-refractivity contribution in [2.45, 2.75) is 65.1 Å². The highest BCUT2D eigenvalue weighted by atomic mass is 32.2. The first-order valence-electron chi connectivity index (χ1n) is 11.0. The van der Waals surface area contributed by atoms with Crippen LogP contribution in [-0.2, 0) is 11.3 Å². The van der Waals surface area contributed by atoms with E-state index in [1.807, 2.05) is 12.1 Å². The van der Waals surface area contributed by atoms with E-state index in [1.165, 1.54) is 28.3 Å². The highest BCUT2D eigenvalue weighted by molar-refractivity contribution is 8.18. The Morgan fingerprint density at radius 2 is 1.84 bits per heavy atom. The van der Waals surface area contributed by atoms with Gasteiger partial charge in [0, 0.05) is 17.3 Å². The van der Waals surface area contributed by atoms with Gasteiger partial charge in [0.1, 0.15) is 5.82 Å². The van der Waals surface area contributed by atoms with Crippen LogP contribution in [0, 0.1) is 5.82 Å². The quantitative estimate of drug-likeness (QED) is 0.493. The van der Waals surface area contributed by atoms with Gasteiger partial charge in [0.15, 0.2) is 0 Å². The Morgan fingerprint density at radius 1 is 1.16 bits per heavy atom. The SMILES string of the molecule is CC(C)N1c2ccc(/C=C3\SC(=O)N(Cc4ccc(F)cc4)C3=O)cc2[C@@H](C)CC1(C)C. The van der Waals surface area contributed by atoms with Gasteiger partial charge in [-0.2, -0.15) is 0 Å². The fraction of sp³-hybridized carbons (Fsp3) is 0.385. The number of hydrogen-bond donors (Lipinski definition) is 0. The Kier molecular flexibility index (Phi) is 5.93. The fourth-order valence-electron chi connectivity index (χ4n) is 5.10. The predicted molar refractivity (Wildman–Crippen MR) is 129 cm³/mol. The van der Waals surface area contributed by atoms with Crippen LogP contribution in [0.1, 0.15) is 63.6 Å². The number of rotatable bonds is 4. The second-order valence-electron chi connectivity index (χ2n) is 9.59.